The molecule has 0 aliphatic carbocycles. The van der Waals surface area contributed by atoms with Crippen molar-refractivity contribution in [3.8, 4) is 0 Å². The number of aromatic nitrogens is 1. The van der Waals surface area contributed by atoms with Gasteiger partial charge in [0.1, 0.15) is 10.7 Å². The first kappa shape index (κ1) is 22.0. The number of pyridine rings is 1. The summed E-state index contributed by atoms with van der Waals surface area (Å²) in [5.41, 5.74) is 0.744. The van der Waals surface area contributed by atoms with E-state index >= 15 is 0 Å². The summed E-state index contributed by atoms with van der Waals surface area (Å²) in [7, 11) is 1.66. The zero-order valence-corrected chi connectivity index (χ0v) is 18.1. The van der Waals surface area contributed by atoms with Crippen LogP contribution in [-0.2, 0) is 14.3 Å². The van der Waals surface area contributed by atoms with Crippen molar-refractivity contribution in [2.24, 2.45) is 0 Å². The number of aryl methyl sites for hydroxylation is 1. The van der Waals surface area contributed by atoms with Gasteiger partial charge in [0.05, 0.1) is 24.7 Å². The van der Waals surface area contributed by atoms with E-state index in [0.717, 1.165) is 21.4 Å². The van der Waals surface area contributed by atoms with Crippen LogP contribution in [0.15, 0.2) is 28.9 Å². The van der Waals surface area contributed by atoms with Crippen molar-refractivity contribution in [1.29, 1.82) is 0 Å². The third kappa shape index (κ3) is 6.70. The van der Waals surface area contributed by atoms with Gasteiger partial charge in [0.15, 0.2) is 0 Å². The third-order valence-corrected chi connectivity index (χ3v) is 5.06. The van der Waals surface area contributed by atoms with Crippen molar-refractivity contribution in [3.63, 3.8) is 0 Å². The number of hydrogen-bond donors (Lipinski definition) is 2. The lowest BCUT2D eigenvalue weighted by Crippen LogP contribution is -2.36. The summed E-state index contributed by atoms with van der Waals surface area (Å²) < 4.78 is 5.80. The van der Waals surface area contributed by atoms with E-state index in [1.165, 1.54) is 0 Å². The second-order valence-corrected chi connectivity index (χ2v) is 7.94. The smallest absolute Gasteiger partial charge is 0.348 e. The normalized spacial score (nSPS) is 10.6. The van der Waals surface area contributed by atoms with E-state index in [0.29, 0.717) is 22.3 Å². The lowest BCUT2D eigenvalue weighted by atomic mass is 10.3. The number of hydrogen-bond acceptors (Lipinski definition) is 7. The van der Waals surface area contributed by atoms with E-state index in [-0.39, 0.29) is 24.9 Å². The van der Waals surface area contributed by atoms with Crippen LogP contribution in [0.1, 0.15) is 22.2 Å². The summed E-state index contributed by atoms with van der Waals surface area (Å²) in [4.78, 5) is 42.2. The first-order chi connectivity index (χ1) is 13.3. The Morgan fingerprint density at radius 2 is 1.89 bits per heavy atom. The molecule has 8 nitrogen and oxygen atoms in total. The molecule has 0 aromatic carbocycles. The minimum Gasteiger partial charge on any atom is -0.462 e. The van der Waals surface area contributed by atoms with Crippen LogP contribution >= 0.6 is 27.3 Å². The average molecular weight is 469 g/mol. The molecule has 0 saturated carbocycles. The number of thiophene rings is 1. The molecule has 2 amide bonds. The first-order valence-corrected chi connectivity index (χ1v) is 10.1. The van der Waals surface area contributed by atoms with Crippen LogP contribution in [-0.4, -0.2) is 54.4 Å². The van der Waals surface area contributed by atoms with E-state index in [4.69, 9.17) is 4.74 Å². The number of rotatable bonds is 8. The second kappa shape index (κ2) is 10.3. The first-order valence-electron chi connectivity index (χ1n) is 8.45. The fourth-order valence-corrected chi connectivity index (χ4v) is 3.52. The Labute approximate surface area is 175 Å². The van der Waals surface area contributed by atoms with E-state index in [1.54, 1.807) is 50.2 Å². The molecule has 0 spiro atoms. The Morgan fingerprint density at radius 3 is 2.50 bits per heavy atom. The van der Waals surface area contributed by atoms with Gasteiger partial charge >= 0.3 is 5.97 Å². The van der Waals surface area contributed by atoms with Crippen LogP contribution in [0.5, 0.6) is 0 Å². The van der Waals surface area contributed by atoms with Gasteiger partial charge in [0.25, 0.3) is 0 Å². The molecular formula is C18H21BrN4O4S. The number of halogens is 1. The molecule has 0 radical (unpaired) electrons. The summed E-state index contributed by atoms with van der Waals surface area (Å²) in [6.45, 7) is 3.86. The molecule has 2 rings (SSSR count). The van der Waals surface area contributed by atoms with E-state index in [1.807, 2.05) is 0 Å². The van der Waals surface area contributed by atoms with Crippen molar-refractivity contribution in [3.05, 3.63) is 39.3 Å². The van der Waals surface area contributed by atoms with Crippen molar-refractivity contribution >= 4 is 55.9 Å². The number of carbonyl (C=O) groups excluding carboxylic acids is 3. The summed E-state index contributed by atoms with van der Waals surface area (Å²) in [6.07, 6.45) is 1.58. The summed E-state index contributed by atoms with van der Waals surface area (Å²) >= 11 is 4.44. The molecular weight excluding hydrogens is 448 g/mol. The summed E-state index contributed by atoms with van der Waals surface area (Å²) in [6, 6.07) is 5.17. The van der Waals surface area contributed by atoms with Gasteiger partial charge in [-0.2, -0.15) is 0 Å². The number of ether oxygens (including phenoxy) is 1. The molecule has 0 saturated heterocycles. The van der Waals surface area contributed by atoms with Gasteiger partial charge in [-0.3, -0.25) is 14.5 Å². The highest BCUT2D eigenvalue weighted by Gasteiger charge is 2.17. The molecule has 2 aromatic heterocycles. The minimum absolute atomic E-state index is 0.0207. The van der Waals surface area contributed by atoms with E-state index in [9.17, 15) is 14.4 Å². The highest BCUT2D eigenvalue weighted by Crippen LogP contribution is 2.27. The van der Waals surface area contributed by atoms with Crippen LogP contribution in [0.3, 0.4) is 0 Å². The summed E-state index contributed by atoms with van der Waals surface area (Å²) in [5, 5.41) is 5.96. The minimum atomic E-state index is -0.402. The SMILES string of the molecule is CCOC(=O)c1sc(NC(=O)CN(C)CC(=O)Nc2ccc(Br)cn2)cc1C. The molecule has 0 fully saturated rings. The van der Waals surface area contributed by atoms with E-state index in [2.05, 4.69) is 31.5 Å². The lowest BCUT2D eigenvalue weighted by Gasteiger charge is -2.15. The van der Waals surface area contributed by atoms with Crippen LogP contribution in [0, 0.1) is 6.92 Å². The number of amides is 2. The van der Waals surface area contributed by atoms with Crippen LogP contribution in [0.4, 0.5) is 10.8 Å². The maximum absolute atomic E-state index is 12.2. The van der Waals surface area contributed by atoms with Crippen molar-refractivity contribution in [2.45, 2.75) is 13.8 Å². The maximum Gasteiger partial charge on any atom is 0.348 e. The Morgan fingerprint density at radius 1 is 1.21 bits per heavy atom. The zero-order valence-electron chi connectivity index (χ0n) is 15.7. The topological polar surface area (TPSA) is 101 Å². The van der Waals surface area contributed by atoms with Gasteiger partial charge in [0, 0.05) is 10.7 Å². The van der Waals surface area contributed by atoms with Crippen LogP contribution in [0.25, 0.3) is 0 Å². The predicted octanol–water partition coefficient (Wildman–Crippen LogP) is 2.90. The zero-order chi connectivity index (χ0) is 20.7. The predicted molar refractivity (Wildman–Crippen MR) is 112 cm³/mol. The maximum atomic E-state index is 12.2. The molecule has 150 valence electrons. The van der Waals surface area contributed by atoms with Crippen molar-refractivity contribution < 1.29 is 19.1 Å². The van der Waals surface area contributed by atoms with Crippen molar-refractivity contribution in [2.75, 3.05) is 37.4 Å². The molecule has 0 unspecified atom stereocenters. The number of esters is 1. The van der Waals surface area contributed by atoms with Crippen LogP contribution in [0.2, 0.25) is 0 Å². The molecule has 0 bridgehead atoms. The largest absolute Gasteiger partial charge is 0.462 e. The van der Waals surface area contributed by atoms with Crippen LogP contribution < -0.4 is 10.6 Å². The van der Waals surface area contributed by atoms with Gasteiger partial charge in [-0.15, -0.1) is 11.3 Å². The number of nitrogens with zero attached hydrogens (tertiary/aromatic N) is 2. The average Bonchev–Trinajstić information content (AvgIpc) is 2.97. The fraction of sp³-hybridized carbons (Fsp3) is 0.333. The Balaban J connectivity index is 1.83. The van der Waals surface area contributed by atoms with Gasteiger partial charge in [0.2, 0.25) is 11.8 Å². The highest BCUT2D eigenvalue weighted by atomic mass is 79.9. The molecule has 2 aromatic rings. The number of likely N-dealkylation sites (N-methyl/N-ethyl adjacent to an activating group) is 1. The molecule has 0 atom stereocenters. The monoisotopic (exact) mass is 468 g/mol. The number of anilines is 2. The van der Waals surface area contributed by atoms with E-state index < -0.39 is 5.97 Å². The Kier molecular flexibility index (Phi) is 8.09. The molecule has 0 aliphatic heterocycles. The van der Waals surface area contributed by atoms with Gasteiger partial charge in [-0.1, -0.05) is 0 Å². The Bertz CT molecular complexity index is 854. The third-order valence-electron chi connectivity index (χ3n) is 3.46. The quantitative estimate of drug-likeness (QED) is 0.577. The molecule has 0 aliphatic rings. The number of carbonyl (C=O) groups is 3. The molecule has 2 N–H and O–H groups in total. The van der Waals surface area contributed by atoms with Gasteiger partial charge < -0.3 is 15.4 Å². The second-order valence-electron chi connectivity index (χ2n) is 5.97. The van der Waals surface area contributed by atoms with Crippen molar-refractivity contribution in [1.82, 2.24) is 9.88 Å². The van der Waals surface area contributed by atoms with Gasteiger partial charge in [-0.05, 0) is 60.6 Å². The lowest BCUT2D eigenvalue weighted by molar-refractivity contribution is -0.119. The molecule has 10 heteroatoms. The van der Waals surface area contributed by atoms with Gasteiger partial charge in [-0.25, -0.2) is 9.78 Å². The molecule has 28 heavy (non-hydrogen) atoms. The summed E-state index contributed by atoms with van der Waals surface area (Å²) in [5.74, 6) is -0.525. The molecule has 2 heterocycles. The standard InChI is InChI=1S/C18H21BrN4O4S/c1-4-27-18(26)17-11(2)7-16(28-17)22-15(25)10-23(3)9-14(24)21-13-6-5-12(19)8-20-13/h5-8H,4,9-10H2,1-3H3,(H,22,25)(H,20,21,24). The fourth-order valence-electron chi connectivity index (χ4n) is 2.30. The highest BCUT2D eigenvalue weighted by molar-refractivity contribution is 9.10. The number of nitrogens with one attached hydrogen (secondary N) is 2. The Hall–Kier alpha value is -2.30.